The van der Waals surface area contributed by atoms with Gasteiger partial charge in [0.25, 0.3) is 6.71 Å². The molecule has 0 fully saturated rings. The van der Waals surface area contributed by atoms with Crippen molar-refractivity contribution < 1.29 is 0 Å². The highest BCUT2D eigenvalue weighted by molar-refractivity contribution is 7.00. The van der Waals surface area contributed by atoms with Crippen LogP contribution in [0.3, 0.4) is 0 Å². The Labute approximate surface area is 302 Å². The molecule has 2 aliphatic heterocycles. The van der Waals surface area contributed by atoms with E-state index in [2.05, 4.69) is 213 Å². The van der Waals surface area contributed by atoms with Crippen LogP contribution in [0.25, 0.3) is 0 Å². The second kappa shape index (κ2) is 11.9. The van der Waals surface area contributed by atoms with Gasteiger partial charge >= 0.3 is 0 Å². The molecule has 9 rings (SSSR count). The normalized spacial score (nSPS) is 13.4. The molecule has 0 aliphatic carbocycles. The van der Waals surface area contributed by atoms with Gasteiger partial charge in [0.05, 0.1) is 0 Å². The largest absolute Gasteiger partial charge is 0.311 e. The van der Waals surface area contributed by atoms with Crippen LogP contribution in [0.5, 0.6) is 0 Å². The summed E-state index contributed by atoms with van der Waals surface area (Å²) in [6, 6.07) is 64.9. The Hall–Kier alpha value is -5.80. The van der Waals surface area contributed by atoms with Crippen LogP contribution >= 0.6 is 0 Å². The molecule has 2 nitrogen and oxygen atoms in total. The molecule has 2 heterocycles. The van der Waals surface area contributed by atoms with Gasteiger partial charge in [-0.25, -0.2) is 0 Å². The zero-order valence-electron chi connectivity index (χ0n) is 29.7. The molecular formula is C48H41BN2. The second-order valence-electron chi connectivity index (χ2n) is 15.0. The summed E-state index contributed by atoms with van der Waals surface area (Å²) in [5, 5.41) is 0. The molecule has 0 N–H and O–H groups in total. The lowest BCUT2D eigenvalue weighted by atomic mass is 9.33. The van der Waals surface area contributed by atoms with E-state index < -0.39 is 0 Å². The molecule has 0 saturated carbocycles. The first-order valence-corrected chi connectivity index (χ1v) is 18.1. The summed E-state index contributed by atoms with van der Waals surface area (Å²) in [6.07, 6.45) is 0. The fourth-order valence-corrected chi connectivity index (χ4v) is 8.61. The molecular weight excluding hydrogens is 615 g/mol. The van der Waals surface area contributed by atoms with Gasteiger partial charge in [-0.1, -0.05) is 161 Å². The molecule has 2 aliphatic rings. The number of para-hydroxylation sites is 3. The Bertz CT molecular complexity index is 2370. The first-order valence-electron chi connectivity index (χ1n) is 18.1. The predicted octanol–water partition coefficient (Wildman–Crippen LogP) is 10.4. The van der Waals surface area contributed by atoms with E-state index in [0.29, 0.717) is 0 Å². The van der Waals surface area contributed by atoms with Crippen molar-refractivity contribution in [2.24, 2.45) is 0 Å². The monoisotopic (exact) mass is 656 g/mol. The quantitative estimate of drug-likeness (QED) is 0.164. The summed E-state index contributed by atoms with van der Waals surface area (Å²) in [4.78, 5) is 5.03. The third kappa shape index (κ3) is 4.87. The van der Waals surface area contributed by atoms with Gasteiger partial charge in [-0.05, 0) is 81.1 Å². The maximum absolute atomic E-state index is 2.53. The maximum Gasteiger partial charge on any atom is 0.252 e. The molecule has 0 amide bonds. The van der Waals surface area contributed by atoms with Crippen molar-refractivity contribution in [2.45, 2.75) is 38.5 Å². The van der Waals surface area contributed by atoms with Crippen molar-refractivity contribution >= 4 is 57.2 Å². The van der Waals surface area contributed by atoms with Gasteiger partial charge in [-0.3, -0.25) is 0 Å². The Balaban J connectivity index is 1.35. The van der Waals surface area contributed by atoms with Crippen LogP contribution in [0.4, 0.5) is 34.1 Å². The fourth-order valence-electron chi connectivity index (χ4n) is 8.61. The van der Waals surface area contributed by atoms with E-state index in [-0.39, 0.29) is 17.5 Å². The van der Waals surface area contributed by atoms with Gasteiger partial charge in [0.15, 0.2) is 0 Å². The highest BCUT2D eigenvalue weighted by Crippen LogP contribution is 2.48. The van der Waals surface area contributed by atoms with Crippen LogP contribution < -0.4 is 26.2 Å². The van der Waals surface area contributed by atoms with Crippen molar-refractivity contribution in [3.63, 3.8) is 0 Å². The van der Waals surface area contributed by atoms with E-state index in [0.717, 1.165) is 5.69 Å². The Morgan fingerprint density at radius 1 is 0.392 bits per heavy atom. The fraction of sp³-hybridized carbons (Fsp3) is 0.125. The minimum Gasteiger partial charge on any atom is -0.311 e. The zero-order chi connectivity index (χ0) is 34.7. The summed E-state index contributed by atoms with van der Waals surface area (Å²) in [7, 11) is 0. The van der Waals surface area contributed by atoms with Crippen LogP contribution in [-0.2, 0) is 10.8 Å². The number of nitrogens with zero attached hydrogens (tertiary/aromatic N) is 2. The summed E-state index contributed by atoms with van der Waals surface area (Å²) < 4.78 is 0. The lowest BCUT2D eigenvalue weighted by Crippen LogP contribution is -2.61. The standard InChI is InChI=1S/C48H41BN2/c1-47(2,34-19-9-5-10-20-34)36-31-32-40-44(33-36)50(37-23-13-7-14-24-37)42-29-18-30-43-45(42)49(40)41-28-17-27-39(48(3,4)35-21-11-6-12-22-35)46(41)51(43)38-25-15-8-16-26-38/h5-33H,1-4H3. The number of rotatable bonds is 6. The summed E-state index contributed by atoms with van der Waals surface area (Å²) in [5.41, 5.74) is 16.1. The number of benzene rings is 7. The minimum absolute atomic E-state index is 0.0570. The van der Waals surface area contributed by atoms with E-state index in [1.807, 2.05) is 0 Å². The lowest BCUT2D eigenvalue weighted by Gasteiger charge is -2.46. The van der Waals surface area contributed by atoms with E-state index in [4.69, 9.17) is 0 Å². The van der Waals surface area contributed by atoms with E-state index in [1.54, 1.807) is 0 Å². The molecule has 0 unspecified atom stereocenters. The van der Waals surface area contributed by atoms with Crippen molar-refractivity contribution in [3.05, 3.63) is 198 Å². The van der Waals surface area contributed by atoms with Gasteiger partial charge in [-0.2, -0.15) is 0 Å². The molecule has 7 aromatic carbocycles. The first kappa shape index (κ1) is 31.2. The van der Waals surface area contributed by atoms with E-state index >= 15 is 0 Å². The predicted molar refractivity (Wildman–Crippen MR) is 218 cm³/mol. The molecule has 0 radical (unpaired) electrons. The Morgan fingerprint density at radius 3 is 1.51 bits per heavy atom. The van der Waals surface area contributed by atoms with Crippen LogP contribution in [0.2, 0.25) is 0 Å². The van der Waals surface area contributed by atoms with Gasteiger partial charge in [0, 0.05) is 45.0 Å². The Kier molecular flexibility index (Phi) is 7.29. The SMILES string of the molecule is CC(C)(c1ccccc1)c1ccc2c(c1)N(c1ccccc1)c1cccc3c1B2c1cccc(C(C)(C)c2ccccc2)c1N3c1ccccc1. The van der Waals surface area contributed by atoms with Crippen molar-refractivity contribution in [3.8, 4) is 0 Å². The van der Waals surface area contributed by atoms with Crippen molar-refractivity contribution in [1.29, 1.82) is 0 Å². The lowest BCUT2D eigenvalue weighted by molar-refractivity contribution is 0.641. The smallest absolute Gasteiger partial charge is 0.252 e. The summed E-state index contributed by atoms with van der Waals surface area (Å²) >= 11 is 0. The van der Waals surface area contributed by atoms with Crippen LogP contribution in [0.15, 0.2) is 176 Å². The average Bonchev–Trinajstić information content (AvgIpc) is 3.18. The molecule has 0 bridgehead atoms. The molecule has 0 saturated heterocycles. The highest BCUT2D eigenvalue weighted by atomic mass is 15.2. The molecule has 0 atom stereocenters. The second-order valence-corrected chi connectivity index (χ2v) is 15.0. The highest BCUT2D eigenvalue weighted by Gasteiger charge is 2.45. The van der Waals surface area contributed by atoms with E-state index in [9.17, 15) is 0 Å². The van der Waals surface area contributed by atoms with Crippen molar-refractivity contribution in [2.75, 3.05) is 9.80 Å². The molecule has 3 heteroatoms. The number of fused-ring (bicyclic) bond motifs is 4. The molecule has 0 aromatic heterocycles. The third-order valence-corrected chi connectivity index (χ3v) is 11.4. The third-order valence-electron chi connectivity index (χ3n) is 11.4. The van der Waals surface area contributed by atoms with E-state index in [1.165, 1.54) is 67.1 Å². The molecule has 246 valence electrons. The summed E-state index contributed by atoms with van der Waals surface area (Å²) in [6.45, 7) is 9.49. The number of hydrogen-bond donors (Lipinski definition) is 0. The van der Waals surface area contributed by atoms with Crippen LogP contribution in [0.1, 0.15) is 49.9 Å². The van der Waals surface area contributed by atoms with Crippen LogP contribution in [0, 0.1) is 0 Å². The maximum atomic E-state index is 2.53. The summed E-state index contributed by atoms with van der Waals surface area (Å²) in [5.74, 6) is 0. The molecule has 7 aromatic rings. The van der Waals surface area contributed by atoms with Crippen molar-refractivity contribution in [1.82, 2.24) is 0 Å². The van der Waals surface area contributed by atoms with Gasteiger partial charge < -0.3 is 9.80 Å². The number of anilines is 6. The van der Waals surface area contributed by atoms with Crippen LogP contribution in [-0.4, -0.2) is 6.71 Å². The topological polar surface area (TPSA) is 6.48 Å². The first-order chi connectivity index (χ1) is 24.9. The van der Waals surface area contributed by atoms with Gasteiger partial charge in [-0.15, -0.1) is 0 Å². The minimum atomic E-state index is -0.244. The molecule has 0 spiro atoms. The molecule has 51 heavy (non-hydrogen) atoms. The Morgan fingerprint density at radius 2 is 0.902 bits per heavy atom. The zero-order valence-corrected chi connectivity index (χ0v) is 29.7. The van der Waals surface area contributed by atoms with Gasteiger partial charge in [0.1, 0.15) is 0 Å². The average molecular weight is 657 g/mol. The van der Waals surface area contributed by atoms with Gasteiger partial charge in [0.2, 0.25) is 0 Å². The number of hydrogen-bond acceptors (Lipinski definition) is 2.